The van der Waals surface area contributed by atoms with E-state index < -0.39 is 0 Å². The molecule has 138 valence electrons. The van der Waals surface area contributed by atoms with Gasteiger partial charge in [0.1, 0.15) is 10.7 Å². The highest BCUT2D eigenvalue weighted by Gasteiger charge is 2.31. The van der Waals surface area contributed by atoms with Gasteiger partial charge in [-0.1, -0.05) is 42.1 Å². The van der Waals surface area contributed by atoms with Crippen molar-refractivity contribution in [1.29, 1.82) is 0 Å². The molecule has 0 atom stereocenters. The average molecular weight is 397 g/mol. The largest absolute Gasteiger partial charge is 0.370 e. The van der Waals surface area contributed by atoms with Gasteiger partial charge in [0.25, 0.3) is 0 Å². The topological polar surface area (TPSA) is 52.3 Å². The number of aryl methyl sites for hydroxylation is 1. The van der Waals surface area contributed by atoms with Gasteiger partial charge in [-0.3, -0.25) is 4.40 Å². The Bertz CT molecular complexity index is 1150. The molecule has 0 bridgehead atoms. The van der Waals surface area contributed by atoms with Gasteiger partial charge >= 0.3 is 0 Å². The normalized spacial score (nSPS) is 16.1. The Morgan fingerprint density at radius 1 is 1.22 bits per heavy atom. The Balaban J connectivity index is 1.62. The second kappa shape index (κ2) is 6.29. The van der Waals surface area contributed by atoms with Crippen LogP contribution in [-0.4, -0.2) is 25.2 Å². The number of thioether (sulfide) groups is 1. The van der Waals surface area contributed by atoms with Crippen LogP contribution in [0, 0.1) is 6.92 Å². The maximum Gasteiger partial charge on any atom is 0.197 e. The SMILES string of the molecule is Cc1nc2sc3c(c2c2nnc(SCc4ccccc4)n12)CC(C)(C)OC3. The van der Waals surface area contributed by atoms with Crippen molar-refractivity contribution in [2.45, 2.75) is 50.3 Å². The Morgan fingerprint density at radius 3 is 2.85 bits per heavy atom. The summed E-state index contributed by atoms with van der Waals surface area (Å²) < 4.78 is 8.09. The van der Waals surface area contributed by atoms with Gasteiger partial charge in [0.05, 0.1) is 17.6 Å². The van der Waals surface area contributed by atoms with E-state index in [4.69, 9.17) is 9.72 Å². The average Bonchev–Trinajstić information content (AvgIpc) is 3.21. The number of hydrogen-bond acceptors (Lipinski definition) is 6. The molecule has 0 amide bonds. The minimum Gasteiger partial charge on any atom is -0.370 e. The van der Waals surface area contributed by atoms with Gasteiger partial charge in [-0.05, 0) is 31.9 Å². The second-order valence-corrected chi connectivity index (χ2v) is 9.51. The van der Waals surface area contributed by atoms with Gasteiger partial charge in [0.15, 0.2) is 10.8 Å². The van der Waals surface area contributed by atoms with Gasteiger partial charge in [-0.15, -0.1) is 21.5 Å². The number of rotatable bonds is 3. The zero-order valence-corrected chi connectivity index (χ0v) is 17.2. The first-order chi connectivity index (χ1) is 13.0. The fourth-order valence-electron chi connectivity index (χ4n) is 3.58. The fraction of sp³-hybridized carbons (Fsp3) is 0.350. The molecule has 0 spiro atoms. The third-order valence-electron chi connectivity index (χ3n) is 4.92. The minimum absolute atomic E-state index is 0.159. The van der Waals surface area contributed by atoms with Gasteiger partial charge < -0.3 is 4.74 Å². The molecule has 0 saturated heterocycles. The Morgan fingerprint density at radius 2 is 2.04 bits per heavy atom. The van der Waals surface area contributed by atoms with Crippen LogP contribution in [0.25, 0.3) is 15.9 Å². The van der Waals surface area contributed by atoms with E-state index in [2.05, 4.69) is 52.7 Å². The lowest BCUT2D eigenvalue weighted by molar-refractivity contribution is -0.0379. The molecule has 5 rings (SSSR count). The number of thiophene rings is 1. The van der Waals surface area contributed by atoms with Crippen molar-refractivity contribution in [3.8, 4) is 0 Å². The number of ether oxygens (including phenoxy) is 1. The highest BCUT2D eigenvalue weighted by Crippen LogP contribution is 2.40. The lowest BCUT2D eigenvalue weighted by atomic mass is 9.94. The van der Waals surface area contributed by atoms with E-state index in [1.54, 1.807) is 23.1 Å². The van der Waals surface area contributed by atoms with Crippen LogP contribution in [0.5, 0.6) is 0 Å². The summed E-state index contributed by atoms with van der Waals surface area (Å²) in [4.78, 5) is 7.19. The third kappa shape index (κ3) is 2.94. The van der Waals surface area contributed by atoms with E-state index in [1.165, 1.54) is 16.0 Å². The monoisotopic (exact) mass is 396 g/mol. The maximum absolute atomic E-state index is 5.99. The van der Waals surface area contributed by atoms with E-state index in [9.17, 15) is 0 Å². The molecular weight excluding hydrogens is 376 g/mol. The molecule has 3 aromatic heterocycles. The molecule has 4 aromatic rings. The van der Waals surface area contributed by atoms with Crippen LogP contribution >= 0.6 is 23.1 Å². The number of fused-ring (bicyclic) bond motifs is 5. The molecule has 1 aromatic carbocycles. The molecule has 0 aliphatic carbocycles. The summed E-state index contributed by atoms with van der Waals surface area (Å²) in [5.74, 6) is 1.79. The molecule has 1 aliphatic rings. The van der Waals surface area contributed by atoms with E-state index in [1.807, 2.05) is 13.0 Å². The molecule has 5 nitrogen and oxygen atoms in total. The van der Waals surface area contributed by atoms with Crippen molar-refractivity contribution < 1.29 is 4.74 Å². The van der Waals surface area contributed by atoms with Crippen LogP contribution in [0.1, 0.15) is 35.7 Å². The Kier molecular flexibility index (Phi) is 4.00. The van der Waals surface area contributed by atoms with E-state index >= 15 is 0 Å². The van der Waals surface area contributed by atoms with Crippen LogP contribution in [0.4, 0.5) is 0 Å². The summed E-state index contributed by atoms with van der Waals surface area (Å²) in [7, 11) is 0. The van der Waals surface area contributed by atoms with Crippen molar-refractivity contribution >= 4 is 39.0 Å². The quantitative estimate of drug-likeness (QED) is 0.466. The standard InChI is InChI=1S/C20H20N4OS2/c1-12-21-18-16(14-9-20(2,3)25-10-15(14)27-18)17-22-23-19(24(12)17)26-11-13-7-5-4-6-8-13/h4-8H,9-11H2,1-3H3. The van der Waals surface area contributed by atoms with E-state index in [0.29, 0.717) is 6.61 Å². The number of hydrogen-bond donors (Lipinski definition) is 0. The van der Waals surface area contributed by atoms with Gasteiger partial charge in [-0.2, -0.15) is 0 Å². The number of benzene rings is 1. The highest BCUT2D eigenvalue weighted by atomic mass is 32.2. The highest BCUT2D eigenvalue weighted by molar-refractivity contribution is 7.98. The molecule has 27 heavy (non-hydrogen) atoms. The number of aromatic nitrogens is 4. The van der Waals surface area contributed by atoms with Gasteiger partial charge in [0.2, 0.25) is 0 Å². The van der Waals surface area contributed by atoms with E-state index in [-0.39, 0.29) is 5.60 Å². The van der Waals surface area contributed by atoms with Crippen molar-refractivity contribution in [3.05, 3.63) is 52.2 Å². The van der Waals surface area contributed by atoms with Crippen LogP contribution in [0.15, 0.2) is 35.5 Å². The summed E-state index contributed by atoms with van der Waals surface area (Å²) in [6.07, 6.45) is 0.877. The fourth-order valence-corrected chi connectivity index (χ4v) is 5.66. The molecule has 0 radical (unpaired) electrons. The Labute approximate surface area is 165 Å². The molecule has 0 unspecified atom stereocenters. The van der Waals surface area contributed by atoms with E-state index in [0.717, 1.165) is 39.0 Å². The zero-order valence-electron chi connectivity index (χ0n) is 15.5. The molecule has 4 heterocycles. The van der Waals surface area contributed by atoms with Crippen molar-refractivity contribution in [2.24, 2.45) is 0 Å². The Hall–Kier alpha value is -1.96. The second-order valence-electron chi connectivity index (χ2n) is 7.48. The third-order valence-corrected chi connectivity index (χ3v) is 7.02. The summed E-state index contributed by atoms with van der Waals surface area (Å²) in [6, 6.07) is 10.4. The minimum atomic E-state index is -0.159. The van der Waals surface area contributed by atoms with Crippen molar-refractivity contribution in [1.82, 2.24) is 19.6 Å². The van der Waals surface area contributed by atoms with Crippen molar-refractivity contribution in [2.75, 3.05) is 0 Å². The lowest BCUT2D eigenvalue weighted by Crippen LogP contribution is -2.31. The smallest absolute Gasteiger partial charge is 0.197 e. The lowest BCUT2D eigenvalue weighted by Gasteiger charge is -2.30. The first-order valence-electron chi connectivity index (χ1n) is 8.98. The summed E-state index contributed by atoms with van der Waals surface area (Å²) in [5, 5.41) is 11.1. The van der Waals surface area contributed by atoms with Crippen LogP contribution in [0.2, 0.25) is 0 Å². The zero-order chi connectivity index (χ0) is 18.6. The van der Waals surface area contributed by atoms with Crippen molar-refractivity contribution in [3.63, 3.8) is 0 Å². The molecular formula is C20H20N4OS2. The molecule has 0 fully saturated rings. The first kappa shape index (κ1) is 17.2. The van der Waals surface area contributed by atoms with Gasteiger partial charge in [-0.25, -0.2) is 4.98 Å². The maximum atomic E-state index is 5.99. The molecule has 0 N–H and O–H groups in total. The summed E-state index contributed by atoms with van der Waals surface area (Å²) in [5.41, 5.74) is 3.37. The summed E-state index contributed by atoms with van der Waals surface area (Å²) >= 11 is 3.43. The number of nitrogens with zero attached hydrogens (tertiary/aromatic N) is 4. The molecule has 1 aliphatic heterocycles. The molecule has 0 saturated carbocycles. The van der Waals surface area contributed by atoms with Crippen LogP contribution in [0.3, 0.4) is 0 Å². The van der Waals surface area contributed by atoms with Crippen LogP contribution < -0.4 is 0 Å². The molecule has 7 heteroatoms. The van der Waals surface area contributed by atoms with Crippen LogP contribution in [-0.2, 0) is 23.5 Å². The predicted octanol–water partition coefficient (Wildman–Crippen LogP) is 4.79. The van der Waals surface area contributed by atoms with Gasteiger partial charge in [0, 0.05) is 17.1 Å². The predicted molar refractivity (Wildman–Crippen MR) is 109 cm³/mol. The first-order valence-corrected chi connectivity index (χ1v) is 10.8. The summed E-state index contributed by atoms with van der Waals surface area (Å²) in [6.45, 7) is 6.96.